The maximum atomic E-state index is 12.8. The van der Waals surface area contributed by atoms with Gasteiger partial charge in [0.2, 0.25) is 0 Å². The van der Waals surface area contributed by atoms with Crippen LogP contribution in [0, 0.1) is 0 Å². The monoisotopic (exact) mass is 460 g/mol. The van der Waals surface area contributed by atoms with Crippen LogP contribution in [0.25, 0.3) is 0 Å². The first-order valence-electron chi connectivity index (χ1n) is 7.78. The summed E-state index contributed by atoms with van der Waals surface area (Å²) in [5.41, 5.74) is 0. The Hall–Kier alpha value is -1.21. The quantitative estimate of drug-likeness (QED) is 0.404. The Bertz CT molecular complexity index is 894. The summed E-state index contributed by atoms with van der Waals surface area (Å²) in [5, 5.41) is 0. The van der Waals surface area contributed by atoms with Crippen LogP contribution in [0.15, 0.2) is 106 Å². The van der Waals surface area contributed by atoms with Crippen molar-refractivity contribution >= 4 is 55.2 Å². The summed E-state index contributed by atoms with van der Waals surface area (Å²) < 4.78 is 28.8. The lowest BCUT2D eigenvalue weighted by Gasteiger charge is -2.40. The summed E-state index contributed by atoms with van der Waals surface area (Å²) in [5.74, 6) is 0. The molecule has 0 saturated carbocycles. The average Bonchev–Trinajstić information content (AvgIpc) is 2.67. The third kappa shape index (κ3) is 4.14. The maximum Gasteiger partial charge on any atom is 0.327 e. The fourth-order valence-corrected chi connectivity index (χ4v) is 7.99. The van der Waals surface area contributed by atoms with Crippen LogP contribution in [0.4, 0.5) is 0 Å². The molecule has 0 amide bonds. The van der Waals surface area contributed by atoms with Crippen LogP contribution in [0.1, 0.15) is 0 Å². The van der Waals surface area contributed by atoms with E-state index in [1.807, 2.05) is 91.0 Å². The van der Waals surface area contributed by atoms with Gasteiger partial charge in [0.1, 0.15) is 0 Å². The molecule has 0 atom stereocenters. The molecule has 142 valence electrons. The highest BCUT2D eigenvalue weighted by atomic mass is 35.6. The van der Waals surface area contributed by atoms with Gasteiger partial charge >= 0.3 is 13.2 Å². The molecule has 3 aromatic rings. The van der Waals surface area contributed by atoms with Gasteiger partial charge in [0.05, 0.1) is 0 Å². The minimum Gasteiger partial charge on any atom is -0.203 e. The molecule has 0 saturated heterocycles. The fraction of sp³-hybridized carbons (Fsp3) is 0.0526. The van der Waals surface area contributed by atoms with E-state index in [0.717, 1.165) is 0 Å². The first kappa shape index (κ1) is 20.5. The number of rotatable bonds is 5. The van der Waals surface area contributed by atoms with Crippen LogP contribution in [0.5, 0.6) is 0 Å². The van der Waals surface area contributed by atoms with E-state index < -0.39 is 23.6 Å². The molecule has 0 aromatic heterocycles. The number of hydrogen-bond acceptors (Lipinski definition) is 3. The van der Waals surface area contributed by atoms with Crippen molar-refractivity contribution in [3.63, 3.8) is 0 Å². The highest BCUT2D eigenvalue weighted by Gasteiger charge is 2.46. The van der Waals surface area contributed by atoms with E-state index in [9.17, 15) is 8.42 Å². The second-order valence-corrected chi connectivity index (χ2v) is 13.0. The summed E-state index contributed by atoms with van der Waals surface area (Å²) >= 11 is 17.2. The van der Waals surface area contributed by atoms with E-state index in [2.05, 4.69) is 0 Å². The van der Waals surface area contributed by atoms with Crippen LogP contribution >= 0.6 is 45.1 Å². The first-order valence-corrected chi connectivity index (χ1v) is 11.9. The SMILES string of the molecule is O=S(=O)(OS(c1ccccc1)(c1ccccc1)c1ccccc1)C(Cl)(Cl)Cl. The maximum absolute atomic E-state index is 12.8. The molecule has 27 heavy (non-hydrogen) atoms. The Morgan fingerprint density at radius 1 is 0.593 bits per heavy atom. The highest BCUT2D eigenvalue weighted by Crippen LogP contribution is 2.70. The van der Waals surface area contributed by atoms with Crippen molar-refractivity contribution in [1.29, 1.82) is 0 Å². The van der Waals surface area contributed by atoms with Gasteiger partial charge in [0, 0.05) is 14.7 Å². The molecule has 0 aliphatic rings. The smallest absolute Gasteiger partial charge is 0.203 e. The summed E-state index contributed by atoms with van der Waals surface area (Å²) in [6.07, 6.45) is 0. The summed E-state index contributed by atoms with van der Waals surface area (Å²) in [6.45, 7) is 0. The Morgan fingerprint density at radius 3 is 1.15 bits per heavy atom. The van der Waals surface area contributed by atoms with Crippen LogP contribution < -0.4 is 0 Å². The summed E-state index contributed by atoms with van der Waals surface area (Å²) in [6, 6.07) is 27.3. The lowest BCUT2D eigenvalue weighted by atomic mass is 10.4. The second kappa shape index (κ2) is 8.03. The van der Waals surface area contributed by atoms with E-state index in [-0.39, 0.29) is 0 Å². The minimum absolute atomic E-state index is 0.667. The normalized spacial score (nSPS) is 13.3. The summed E-state index contributed by atoms with van der Waals surface area (Å²) in [4.78, 5) is 2.00. The molecule has 3 rings (SSSR count). The number of alkyl halides is 3. The molecule has 3 nitrogen and oxygen atoms in total. The Balaban J connectivity index is 2.37. The largest absolute Gasteiger partial charge is 0.327 e. The van der Waals surface area contributed by atoms with Gasteiger partial charge in [-0.15, -0.1) is 0 Å². The molecular formula is C19H15Cl3O3S2. The molecule has 0 aliphatic carbocycles. The van der Waals surface area contributed by atoms with E-state index >= 15 is 0 Å². The third-order valence-corrected chi connectivity index (χ3v) is 10.3. The molecule has 0 fully saturated rings. The van der Waals surface area contributed by atoms with Crippen molar-refractivity contribution in [3.05, 3.63) is 91.0 Å². The average molecular weight is 462 g/mol. The van der Waals surface area contributed by atoms with Crippen molar-refractivity contribution in [2.24, 2.45) is 0 Å². The number of hydrogen-bond donors (Lipinski definition) is 0. The number of benzene rings is 3. The van der Waals surface area contributed by atoms with Gasteiger partial charge in [-0.1, -0.05) is 89.4 Å². The molecule has 0 aliphatic heterocycles. The van der Waals surface area contributed by atoms with Gasteiger partial charge in [0.25, 0.3) is 0 Å². The van der Waals surface area contributed by atoms with Crippen molar-refractivity contribution in [3.8, 4) is 0 Å². The Kier molecular flexibility index (Phi) is 6.11. The van der Waals surface area contributed by atoms with Crippen LogP contribution in [-0.2, 0) is 13.7 Å². The molecule has 0 heterocycles. The van der Waals surface area contributed by atoms with Gasteiger partial charge in [-0.25, -0.2) is 3.63 Å². The third-order valence-electron chi connectivity index (χ3n) is 3.70. The molecule has 0 bridgehead atoms. The molecule has 3 aromatic carbocycles. The molecule has 0 spiro atoms. The van der Waals surface area contributed by atoms with Gasteiger partial charge in [0.15, 0.2) is 0 Å². The van der Waals surface area contributed by atoms with Crippen molar-refractivity contribution in [2.75, 3.05) is 0 Å². The highest BCUT2D eigenvalue weighted by molar-refractivity contribution is 8.33. The van der Waals surface area contributed by atoms with Gasteiger partial charge in [-0.05, 0) is 46.7 Å². The first-order chi connectivity index (χ1) is 12.8. The molecule has 0 unspecified atom stereocenters. The molecular weight excluding hydrogens is 447 g/mol. The molecule has 0 radical (unpaired) electrons. The van der Waals surface area contributed by atoms with Gasteiger partial charge in [-0.2, -0.15) is 8.42 Å². The number of halogens is 3. The van der Waals surface area contributed by atoms with Crippen LogP contribution in [-0.4, -0.2) is 11.5 Å². The summed E-state index contributed by atoms with van der Waals surface area (Å²) in [7, 11) is -7.28. The van der Waals surface area contributed by atoms with Gasteiger partial charge < -0.3 is 0 Å². The van der Waals surface area contributed by atoms with E-state index in [1.165, 1.54) is 0 Å². The topological polar surface area (TPSA) is 43.4 Å². The minimum atomic E-state index is -4.57. The Labute approximate surface area is 175 Å². The van der Waals surface area contributed by atoms with E-state index in [0.29, 0.717) is 14.7 Å². The molecule has 8 heteroatoms. The lowest BCUT2D eigenvalue weighted by molar-refractivity contribution is 0.508. The van der Waals surface area contributed by atoms with Gasteiger partial charge in [-0.3, -0.25) is 0 Å². The van der Waals surface area contributed by atoms with Crippen LogP contribution in [0.2, 0.25) is 0 Å². The zero-order valence-corrected chi connectivity index (χ0v) is 17.7. The predicted octanol–water partition coefficient (Wildman–Crippen LogP) is 6.56. The lowest BCUT2D eigenvalue weighted by Crippen LogP contribution is -2.24. The van der Waals surface area contributed by atoms with Crippen molar-refractivity contribution < 1.29 is 12.0 Å². The standard InChI is InChI=1S/C19H15Cl3O3S2/c20-19(21,22)27(23,24)25-26(16-10-4-1-5-11-16,17-12-6-2-7-13-17)18-14-8-3-9-15-18/h1-15H. The van der Waals surface area contributed by atoms with E-state index in [4.69, 9.17) is 38.4 Å². The second-order valence-electron chi connectivity index (χ2n) is 5.46. The predicted molar refractivity (Wildman–Crippen MR) is 112 cm³/mol. The van der Waals surface area contributed by atoms with Crippen molar-refractivity contribution in [1.82, 2.24) is 0 Å². The van der Waals surface area contributed by atoms with E-state index in [1.54, 1.807) is 0 Å². The van der Waals surface area contributed by atoms with Crippen LogP contribution in [0.3, 0.4) is 0 Å². The Morgan fingerprint density at radius 2 is 0.889 bits per heavy atom. The zero-order valence-electron chi connectivity index (χ0n) is 13.8. The fourth-order valence-electron chi connectivity index (χ4n) is 2.54. The molecule has 0 N–H and O–H groups in total. The zero-order chi connectivity index (χ0) is 19.5. The van der Waals surface area contributed by atoms with Crippen molar-refractivity contribution in [2.45, 2.75) is 17.8 Å².